The Kier molecular flexibility index (Phi) is 6.24. The van der Waals surface area contributed by atoms with Crippen LogP contribution < -0.4 is 15.4 Å². The van der Waals surface area contributed by atoms with E-state index in [9.17, 15) is 13.6 Å². The number of benzene rings is 2. The van der Waals surface area contributed by atoms with Gasteiger partial charge in [0.2, 0.25) is 0 Å². The van der Waals surface area contributed by atoms with Crippen LogP contribution in [0.25, 0.3) is 0 Å². The van der Waals surface area contributed by atoms with Gasteiger partial charge in [-0.25, -0.2) is 0 Å². The number of carbonyl (C=O) groups is 1. The first-order valence-electron chi connectivity index (χ1n) is 6.18. The van der Waals surface area contributed by atoms with E-state index in [1.807, 2.05) is 30.3 Å². The minimum Gasteiger partial charge on any atom is -0.399 e. The summed E-state index contributed by atoms with van der Waals surface area (Å²) in [5.74, 6) is -1.01. The fourth-order valence-corrected chi connectivity index (χ4v) is 2.93. The van der Waals surface area contributed by atoms with Crippen molar-refractivity contribution < 1.29 is 21.8 Å². The van der Waals surface area contributed by atoms with Gasteiger partial charge < -0.3 is 5.73 Å². The zero-order chi connectivity index (χ0) is 16.8. The second-order valence-electron chi connectivity index (χ2n) is 4.31. The van der Waals surface area contributed by atoms with E-state index in [-0.39, 0.29) is 5.69 Å². The van der Waals surface area contributed by atoms with Gasteiger partial charge in [0, 0.05) is 5.69 Å². The second-order valence-corrected chi connectivity index (χ2v) is 7.60. The minimum absolute atomic E-state index is 0.00951. The average molecular weight is 368 g/mol. The van der Waals surface area contributed by atoms with Crippen molar-refractivity contribution in [3.8, 4) is 5.75 Å². The molecule has 0 aromatic heterocycles. The molecule has 2 rings (SSSR count). The van der Waals surface area contributed by atoms with Crippen LogP contribution in [0.2, 0.25) is 0 Å². The van der Waals surface area contributed by atoms with Crippen molar-refractivity contribution in [1.29, 1.82) is 0 Å². The number of hydrogen-bond donors (Lipinski definition) is 5. The summed E-state index contributed by atoms with van der Waals surface area (Å²) >= 11 is -5.15. The topological polar surface area (TPSA) is 133 Å². The molecule has 0 aliphatic rings. The van der Waals surface area contributed by atoms with Gasteiger partial charge in [-0.2, -0.15) is 0 Å². The number of nitrogens with two attached hydrogens (primary N) is 1. The first-order chi connectivity index (χ1) is 10.2. The largest absolute Gasteiger partial charge is 0.399 e. The Bertz CT molecular complexity index is 685. The van der Waals surface area contributed by atoms with Crippen LogP contribution in [-0.4, -0.2) is 33.4 Å². The van der Waals surface area contributed by atoms with Gasteiger partial charge in [0.1, 0.15) is 0 Å². The van der Waals surface area contributed by atoms with Crippen LogP contribution >= 0.6 is 0 Å². The van der Waals surface area contributed by atoms with Crippen LogP contribution in [0.15, 0.2) is 48.5 Å². The van der Waals surface area contributed by atoms with Gasteiger partial charge in [-0.15, -0.1) is 0 Å². The van der Waals surface area contributed by atoms with Gasteiger partial charge in [0.15, 0.2) is 0 Å². The van der Waals surface area contributed by atoms with E-state index in [0.717, 1.165) is 11.8 Å². The molecule has 0 aliphatic carbocycles. The Morgan fingerprint density at radius 2 is 1.68 bits per heavy atom. The molecule has 8 heteroatoms. The minimum atomic E-state index is -5.15. The summed E-state index contributed by atoms with van der Waals surface area (Å²) in [5.41, 5.74) is 6.17. The molecule has 7 nitrogen and oxygen atoms in total. The number of anilines is 2. The van der Waals surface area contributed by atoms with E-state index in [1.165, 1.54) is 19.1 Å². The van der Waals surface area contributed by atoms with Crippen LogP contribution in [0.1, 0.15) is 6.92 Å². The average Bonchev–Trinajstić information content (AvgIpc) is 2.41. The molecule has 0 fully saturated rings. The van der Waals surface area contributed by atoms with Gasteiger partial charge in [-0.1, -0.05) is 18.2 Å². The standard InChI is InChI=1S/C8H10AsNO5.C6H7N/c1-5(11)10-7-4-2-3-6(8(7)12)9(13,14)15;7-6-4-2-1-3-5-6/h2-4,12H,1H3,(H,10,11)(H2,13,14,15);1-5H,7H2. The molecule has 0 radical (unpaired) electrons. The molecule has 0 heterocycles. The molecule has 0 unspecified atom stereocenters. The van der Waals surface area contributed by atoms with Crippen LogP contribution in [0.4, 0.5) is 11.4 Å². The Hall–Kier alpha value is -2.21. The van der Waals surface area contributed by atoms with Crippen LogP contribution in [0.5, 0.6) is 5.75 Å². The molecule has 22 heavy (non-hydrogen) atoms. The van der Waals surface area contributed by atoms with Gasteiger partial charge in [0.05, 0.1) is 0 Å². The molecule has 0 saturated carbocycles. The third-order valence-electron chi connectivity index (χ3n) is 2.44. The molecule has 1 amide bonds. The first-order valence-corrected chi connectivity index (χ1v) is 9.56. The monoisotopic (exact) mass is 368 g/mol. The summed E-state index contributed by atoms with van der Waals surface area (Å²) in [6.45, 7) is 1.23. The number of nitrogen functional groups attached to an aromatic ring is 1. The first kappa shape index (κ1) is 17.8. The quantitative estimate of drug-likeness (QED) is 0.292. The molecule has 2 aromatic carbocycles. The molecular weight excluding hydrogens is 351 g/mol. The van der Waals surface area contributed by atoms with Crippen molar-refractivity contribution in [2.75, 3.05) is 11.1 Å². The number of nitrogens with one attached hydrogen (secondary N) is 1. The number of phenolic OH excluding ortho intramolecular Hbond substituents is 1. The third-order valence-corrected chi connectivity index (χ3v) is 4.51. The maximum absolute atomic E-state index is 11.0. The second kappa shape index (κ2) is 7.70. The number of amides is 1. The van der Waals surface area contributed by atoms with Crippen molar-refractivity contribution in [2.24, 2.45) is 0 Å². The van der Waals surface area contributed by atoms with Gasteiger partial charge in [0.25, 0.3) is 0 Å². The SMILES string of the molecule is CC(=O)Nc1cccc([As](=O)(O)O)c1O.Nc1ccccc1. The smallest absolute Gasteiger partial charge is 0.0313 e. The molecule has 2 aromatic rings. The molecule has 0 bridgehead atoms. The molecule has 0 aliphatic heterocycles. The number of hydrogen-bond acceptors (Lipinski definition) is 4. The predicted octanol–water partition coefficient (Wildman–Crippen LogP) is 0.180. The summed E-state index contributed by atoms with van der Waals surface area (Å²) in [6, 6.07) is 13.3. The zero-order valence-electron chi connectivity index (χ0n) is 11.8. The molecule has 6 N–H and O–H groups in total. The normalized spacial score (nSPS) is 10.3. The maximum atomic E-state index is 11.0. The van der Waals surface area contributed by atoms with Crippen molar-refractivity contribution in [2.45, 2.75) is 6.92 Å². The van der Waals surface area contributed by atoms with E-state index in [1.54, 1.807) is 0 Å². The zero-order valence-corrected chi connectivity index (χ0v) is 13.7. The van der Waals surface area contributed by atoms with Crippen molar-refractivity contribution in [1.82, 2.24) is 0 Å². The van der Waals surface area contributed by atoms with Gasteiger partial charge in [-0.3, -0.25) is 0 Å². The van der Waals surface area contributed by atoms with Crippen LogP contribution in [0, 0.1) is 0 Å². The Morgan fingerprint density at radius 1 is 1.09 bits per heavy atom. The Labute approximate surface area is 130 Å². The van der Waals surface area contributed by atoms with Gasteiger partial charge >= 0.3 is 88.1 Å². The van der Waals surface area contributed by atoms with E-state index >= 15 is 0 Å². The Balaban J connectivity index is 0.000000287. The summed E-state index contributed by atoms with van der Waals surface area (Å²) in [6.07, 6.45) is 0. The molecule has 0 spiro atoms. The van der Waals surface area contributed by atoms with E-state index in [2.05, 4.69) is 5.32 Å². The molecule has 118 valence electrons. The maximum Gasteiger partial charge on any atom is 0.0313 e. The molecule has 0 atom stereocenters. The van der Waals surface area contributed by atoms with Crippen molar-refractivity contribution in [3.05, 3.63) is 48.5 Å². The van der Waals surface area contributed by atoms with Gasteiger partial charge in [-0.05, 0) is 12.1 Å². The number of para-hydroxylation sites is 2. The van der Waals surface area contributed by atoms with Crippen molar-refractivity contribution in [3.63, 3.8) is 0 Å². The summed E-state index contributed by atoms with van der Waals surface area (Å²) in [4.78, 5) is 10.7. The summed E-state index contributed by atoms with van der Waals surface area (Å²) in [7, 11) is 0. The Morgan fingerprint density at radius 3 is 2.09 bits per heavy atom. The third kappa shape index (κ3) is 5.65. The predicted molar refractivity (Wildman–Crippen MR) is 83.8 cm³/mol. The fraction of sp³-hybridized carbons (Fsp3) is 0.0714. The number of carbonyl (C=O) groups excluding carboxylic acids is 1. The molecular formula is C14H17AsN2O5. The van der Waals surface area contributed by atoms with Crippen molar-refractivity contribution >= 4 is 35.8 Å². The van der Waals surface area contributed by atoms with E-state index < -0.39 is 30.2 Å². The van der Waals surface area contributed by atoms with Crippen LogP contribution in [-0.2, 0) is 8.53 Å². The fourth-order valence-electron chi connectivity index (χ4n) is 1.51. The van der Waals surface area contributed by atoms with Crippen LogP contribution in [0.3, 0.4) is 0 Å². The van der Waals surface area contributed by atoms with E-state index in [4.69, 9.17) is 13.9 Å². The summed E-state index contributed by atoms with van der Waals surface area (Å²) < 4.78 is 28.4. The summed E-state index contributed by atoms with van der Waals surface area (Å²) in [5, 5.41) is 11.7. The number of aromatic hydroxyl groups is 1. The molecule has 0 saturated heterocycles. The number of phenols is 1. The van der Waals surface area contributed by atoms with E-state index in [0.29, 0.717) is 0 Å². The number of rotatable bonds is 2.